The quantitative estimate of drug-likeness (QED) is 0.656. The van der Waals surface area contributed by atoms with E-state index in [0.717, 1.165) is 11.3 Å². The molecule has 2 heterocycles. The molecule has 0 saturated heterocycles. The summed E-state index contributed by atoms with van der Waals surface area (Å²) >= 11 is 0.983. The van der Waals surface area contributed by atoms with E-state index in [0.29, 0.717) is 20.3 Å². The van der Waals surface area contributed by atoms with Crippen LogP contribution in [0.4, 0.5) is 4.39 Å². The van der Waals surface area contributed by atoms with Gasteiger partial charge in [0.05, 0.1) is 4.90 Å². The Labute approximate surface area is 170 Å². The zero-order chi connectivity index (χ0) is 21.1. The summed E-state index contributed by atoms with van der Waals surface area (Å²) in [6.45, 7) is 0. The van der Waals surface area contributed by atoms with Gasteiger partial charge in [0.15, 0.2) is 0 Å². The van der Waals surface area contributed by atoms with Gasteiger partial charge in [0.25, 0.3) is 15.9 Å². The molecular weight excluding hydrogens is 439 g/mol. The van der Waals surface area contributed by atoms with Crippen molar-refractivity contribution >= 4 is 37.3 Å². The topological polar surface area (TPSA) is 115 Å². The molecule has 3 aromatic rings. The molecule has 150 valence electrons. The standard InChI is InChI=1S/C18H13FN2O5S3/c1-21-18(22)16-17(29(21,25)26)14(10-2-6-12(19)7-3-10)15(27-16)11-4-8-13(9-5-11)28(20,23)24/h2-9H,1H3,(H2,20,23,24). The van der Waals surface area contributed by atoms with Gasteiger partial charge in [-0.3, -0.25) is 4.79 Å². The fraction of sp³-hybridized carbons (Fsp3) is 0.0556. The largest absolute Gasteiger partial charge is 0.278 e. The zero-order valence-corrected chi connectivity index (χ0v) is 17.2. The Morgan fingerprint density at radius 3 is 2.07 bits per heavy atom. The van der Waals surface area contributed by atoms with Crippen molar-refractivity contribution < 1.29 is 26.0 Å². The molecule has 0 radical (unpaired) electrons. The molecule has 11 heteroatoms. The number of sulfonamides is 2. The highest BCUT2D eigenvalue weighted by atomic mass is 32.2. The number of benzene rings is 2. The van der Waals surface area contributed by atoms with Crippen LogP contribution in [-0.4, -0.2) is 34.1 Å². The molecule has 0 unspecified atom stereocenters. The van der Waals surface area contributed by atoms with E-state index in [9.17, 15) is 26.0 Å². The molecule has 0 spiro atoms. The Morgan fingerprint density at radius 2 is 1.52 bits per heavy atom. The normalized spacial score (nSPS) is 15.6. The number of carbonyl (C=O) groups is 1. The number of hydrogen-bond donors (Lipinski definition) is 1. The van der Waals surface area contributed by atoms with Crippen LogP contribution in [0.1, 0.15) is 9.67 Å². The molecule has 2 aromatic carbocycles. The minimum Gasteiger partial charge on any atom is -0.267 e. The predicted octanol–water partition coefficient (Wildman–Crippen LogP) is 2.64. The molecule has 0 bridgehead atoms. The van der Waals surface area contributed by atoms with Crippen LogP contribution in [-0.2, 0) is 20.0 Å². The molecule has 1 aromatic heterocycles. The van der Waals surface area contributed by atoms with Crippen molar-refractivity contribution in [2.75, 3.05) is 7.05 Å². The van der Waals surface area contributed by atoms with E-state index in [1.54, 1.807) is 0 Å². The van der Waals surface area contributed by atoms with Crippen LogP contribution in [0.3, 0.4) is 0 Å². The maximum atomic E-state index is 13.4. The Hall–Kier alpha value is -2.60. The van der Waals surface area contributed by atoms with Crippen molar-refractivity contribution in [2.24, 2.45) is 5.14 Å². The third-order valence-corrected chi connectivity index (χ3v) is 8.64. The highest BCUT2D eigenvalue weighted by Crippen LogP contribution is 2.49. The number of primary sulfonamides is 1. The average Bonchev–Trinajstić information content (AvgIpc) is 3.14. The third kappa shape index (κ3) is 3.06. The van der Waals surface area contributed by atoms with E-state index >= 15 is 0 Å². The lowest BCUT2D eigenvalue weighted by molar-refractivity contribution is 0.0895. The lowest BCUT2D eigenvalue weighted by Gasteiger charge is -2.12. The second kappa shape index (κ2) is 6.46. The smallest absolute Gasteiger partial charge is 0.267 e. The van der Waals surface area contributed by atoms with Crippen LogP contribution in [0, 0.1) is 5.82 Å². The third-order valence-electron chi connectivity index (χ3n) is 4.54. The first-order valence-electron chi connectivity index (χ1n) is 8.11. The van der Waals surface area contributed by atoms with Crippen LogP contribution in [0.2, 0.25) is 0 Å². The second-order valence-corrected chi connectivity index (χ2v) is 10.8. The van der Waals surface area contributed by atoms with Crippen LogP contribution in [0.15, 0.2) is 58.3 Å². The van der Waals surface area contributed by atoms with E-state index in [1.807, 2.05) is 0 Å². The lowest BCUT2D eigenvalue weighted by atomic mass is 10.0. The van der Waals surface area contributed by atoms with Crippen molar-refractivity contribution in [3.05, 3.63) is 59.2 Å². The first-order chi connectivity index (χ1) is 13.5. The second-order valence-electron chi connectivity index (χ2n) is 6.32. The Kier molecular flexibility index (Phi) is 4.39. The highest BCUT2D eigenvalue weighted by molar-refractivity contribution is 7.90. The maximum Gasteiger partial charge on any atom is 0.278 e. The van der Waals surface area contributed by atoms with Gasteiger partial charge in [-0.15, -0.1) is 11.3 Å². The highest BCUT2D eigenvalue weighted by Gasteiger charge is 2.44. The van der Waals surface area contributed by atoms with Crippen LogP contribution >= 0.6 is 11.3 Å². The molecule has 1 aliphatic heterocycles. The molecule has 2 N–H and O–H groups in total. The summed E-state index contributed by atoms with van der Waals surface area (Å²) in [7, 11) is -6.77. The number of rotatable bonds is 3. The number of thiophene rings is 1. The van der Waals surface area contributed by atoms with E-state index in [-0.39, 0.29) is 20.2 Å². The summed E-state index contributed by atoms with van der Waals surface area (Å²) < 4.78 is 62.7. The Balaban J connectivity index is 2.01. The number of amides is 1. The van der Waals surface area contributed by atoms with Gasteiger partial charge in [-0.2, -0.15) is 0 Å². The summed E-state index contributed by atoms with van der Waals surface area (Å²) in [5.41, 5.74) is 1.19. The predicted molar refractivity (Wildman–Crippen MR) is 106 cm³/mol. The van der Waals surface area contributed by atoms with Gasteiger partial charge in [-0.25, -0.2) is 30.7 Å². The van der Waals surface area contributed by atoms with Gasteiger partial charge < -0.3 is 0 Å². The van der Waals surface area contributed by atoms with Crippen LogP contribution < -0.4 is 5.14 Å². The summed E-state index contributed by atoms with van der Waals surface area (Å²) in [4.78, 5) is 12.8. The lowest BCUT2D eigenvalue weighted by Crippen LogP contribution is -2.25. The molecule has 0 aliphatic carbocycles. The average molecular weight is 453 g/mol. The van der Waals surface area contributed by atoms with Crippen molar-refractivity contribution in [3.8, 4) is 21.6 Å². The molecule has 1 amide bonds. The number of fused-ring (bicyclic) bond motifs is 1. The molecule has 0 fully saturated rings. The first-order valence-corrected chi connectivity index (χ1v) is 11.9. The fourth-order valence-electron chi connectivity index (χ4n) is 3.07. The van der Waals surface area contributed by atoms with Crippen molar-refractivity contribution in [1.82, 2.24) is 4.31 Å². The summed E-state index contributed by atoms with van der Waals surface area (Å²) in [5, 5.41) is 5.12. The van der Waals surface area contributed by atoms with E-state index < -0.39 is 31.8 Å². The molecule has 1 aliphatic rings. The fourth-order valence-corrected chi connectivity index (χ4v) is 6.73. The van der Waals surface area contributed by atoms with Crippen molar-refractivity contribution in [3.63, 3.8) is 0 Å². The zero-order valence-electron chi connectivity index (χ0n) is 14.8. The molecule has 4 rings (SSSR count). The summed E-state index contributed by atoms with van der Waals surface area (Å²) in [5.74, 6) is -1.14. The summed E-state index contributed by atoms with van der Waals surface area (Å²) in [6.07, 6.45) is 0. The van der Waals surface area contributed by atoms with E-state index in [2.05, 4.69) is 0 Å². The van der Waals surface area contributed by atoms with E-state index in [1.165, 1.54) is 55.6 Å². The van der Waals surface area contributed by atoms with Crippen molar-refractivity contribution in [2.45, 2.75) is 9.79 Å². The van der Waals surface area contributed by atoms with Crippen LogP contribution in [0.25, 0.3) is 21.6 Å². The maximum absolute atomic E-state index is 13.4. The number of nitrogens with two attached hydrogens (primary N) is 1. The van der Waals surface area contributed by atoms with Gasteiger partial charge in [0, 0.05) is 17.5 Å². The Bertz CT molecular complexity index is 1360. The minimum absolute atomic E-state index is 0.0531. The molecule has 7 nitrogen and oxygen atoms in total. The number of nitrogens with zero attached hydrogens (tertiary/aromatic N) is 1. The van der Waals surface area contributed by atoms with E-state index in [4.69, 9.17) is 5.14 Å². The minimum atomic E-state index is -4.06. The number of halogens is 1. The monoisotopic (exact) mass is 452 g/mol. The number of hydrogen-bond acceptors (Lipinski definition) is 6. The Morgan fingerprint density at radius 1 is 0.966 bits per heavy atom. The van der Waals surface area contributed by atoms with Gasteiger partial charge in [0.1, 0.15) is 15.6 Å². The van der Waals surface area contributed by atoms with Gasteiger partial charge >= 0.3 is 0 Å². The van der Waals surface area contributed by atoms with Gasteiger partial charge in [0.2, 0.25) is 10.0 Å². The van der Waals surface area contributed by atoms with Crippen molar-refractivity contribution in [1.29, 1.82) is 0 Å². The molecule has 29 heavy (non-hydrogen) atoms. The molecular formula is C18H13FN2O5S3. The van der Waals surface area contributed by atoms with Gasteiger partial charge in [-0.1, -0.05) is 24.3 Å². The molecule has 0 saturated carbocycles. The summed E-state index contributed by atoms with van der Waals surface area (Å²) in [6, 6.07) is 10.8. The number of carbonyl (C=O) groups excluding carboxylic acids is 1. The first kappa shape index (κ1) is 19.7. The van der Waals surface area contributed by atoms with Crippen LogP contribution in [0.5, 0.6) is 0 Å². The molecule has 0 atom stereocenters. The SMILES string of the molecule is CN1C(=O)c2sc(-c3ccc(S(N)(=O)=O)cc3)c(-c3ccc(F)cc3)c2S1(=O)=O. The van der Waals surface area contributed by atoms with Gasteiger partial charge in [-0.05, 0) is 35.4 Å².